The van der Waals surface area contributed by atoms with Crippen LogP contribution in [0.2, 0.25) is 0 Å². The van der Waals surface area contributed by atoms with E-state index in [0.717, 1.165) is 0 Å². The van der Waals surface area contributed by atoms with Crippen molar-refractivity contribution < 1.29 is 9.50 Å². The van der Waals surface area contributed by atoms with Gasteiger partial charge in [0.2, 0.25) is 0 Å². The van der Waals surface area contributed by atoms with Crippen LogP contribution in [0.25, 0.3) is 0 Å². The summed E-state index contributed by atoms with van der Waals surface area (Å²) in [5.41, 5.74) is 0.482. The highest BCUT2D eigenvalue weighted by atomic mass is 19.1. The Balaban J connectivity index is 2.53. The Kier molecular flexibility index (Phi) is 4.72. The van der Waals surface area contributed by atoms with Crippen molar-refractivity contribution in [3.63, 3.8) is 0 Å². The molecule has 1 rings (SSSR count). The van der Waals surface area contributed by atoms with Crippen LogP contribution < -0.4 is 0 Å². The standard InChI is InChI=1S/C15H19FO/c1-15(2,3)10-6-8-13(17)11-12-7-4-5-9-14(12)16/h4-5,7,9,13,17H,8,11H2,1-3H3. The van der Waals surface area contributed by atoms with Gasteiger partial charge in [0.05, 0.1) is 6.10 Å². The third-order valence-electron chi connectivity index (χ3n) is 2.21. The number of hydrogen-bond acceptors (Lipinski definition) is 1. The molecular formula is C15H19FO. The summed E-state index contributed by atoms with van der Waals surface area (Å²) >= 11 is 0. The fourth-order valence-corrected chi connectivity index (χ4v) is 1.42. The van der Waals surface area contributed by atoms with Crippen LogP contribution in [0, 0.1) is 23.1 Å². The molecule has 0 fully saturated rings. The van der Waals surface area contributed by atoms with E-state index in [9.17, 15) is 9.50 Å². The van der Waals surface area contributed by atoms with Crippen molar-refractivity contribution >= 4 is 0 Å². The zero-order valence-electron chi connectivity index (χ0n) is 10.6. The summed E-state index contributed by atoms with van der Waals surface area (Å²) in [5.74, 6) is 5.72. The van der Waals surface area contributed by atoms with Gasteiger partial charge in [-0.05, 0) is 32.4 Å². The molecule has 0 spiro atoms. The molecule has 1 unspecified atom stereocenters. The molecule has 1 N–H and O–H groups in total. The first-order valence-corrected chi connectivity index (χ1v) is 5.80. The summed E-state index contributed by atoms with van der Waals surface area (Å²) in [4.78, 5) is 0. The minimum absolute atomic E-state index is 0.0578. The van der Waals surface area contributed by atoms with Gasteiger partial charge in [-0.25, -0.2) is 4.39 Å². The zero-order valence-corrected chi connectivity index (χ0v) is 10.6. The Bertz CT molecular complexity index is 421. The Labute approximate surface area is 103 Å². The number of aliphatic hydroxyl groups is 1. The van der Waals surface area contributed by atoms with Gasteiger partial charge in [-0.1, -0.05) is 24.1 Å². The first kappa shape index (κ1) is 13.7. The number of aliphatic hydroxyl groups excluding tert-OH is 1. The Morgan fingerprint density at radius 3 is 2.53 bits per heavy atom. The molecule has 0 bridgehead atoms. The number of rotatable bonds is 3. The van der Waals surface area contributed by atoms with Crippen molar-refractivity contribution in [2.45, 2.75) is 39.7 Å². The van der Waals surface area contributed by atoms with E-state index in [2.05, 4.69) is 11.8 Å². The molecule has 1 nitrogen and oxygen atoms in total. The van der Waals surface area contributed by atoms with Crippen molar-refractivity contribution in [1.82, 2.24) is 0 Å². The fourth-order valence-electron chi connectivity index (χ4n) is 1.42. The highest BCUT2D eigenvalue weighted by molar-refractivity contribution is 5.18. The predicted molar refractivity (Wildman–Crippen MR) is 68.0 cm³/mol. The maximum absolute atomic E-state index is 13.3. The lowest BCUT2D eigenvalue weighted by molar-refractivity contribution is 0.179. The Hall–Kier alpha value is -1.33. The fraction of sp³-hybridized carbons (Fsp3) is 0.467. The number of halogens is 1. The van der Waals surface area contributed by atoms with Crippen LogP contribution in [0.4, 0.5) is 4.39 Å². The normalized spacial score (nSPS) is 12.8. The van der Waals surface area contributed by atoms with Crippen molar-refractivity contribution in [1.29, 1.82) is 0 Å². The van der Waals surface area contributed by atoms with Gasteiger partial charge in [-0.15, -0.1) is 5.92 Å². The highest BCUT2D eigenvalue weighted by Crippen LogP contribution is 2.12. The van der Waals surface area contributed by atoms with Crippen molar-refractivity contribution in [2.24, 2.45) is 5.41 Å². The average Bonchev–Trinajstić information content (AvgIpc) is 2.19. The molecular weight excluding hydrogens is 215 g/mol. The molecule has 0 radical (unpaired) electrons. The van der Waals surface area contributed by atoms with Gasteiger partial charge < -0.3 is 5.11 Å². The summed E-state index contributed by atoms with van der Waals surface area (Å²) in [5, 5.41) is 9.75. The van der Waals surface area contributed by atoms with E-state index in [1.807, 2.05) is 20.8 Å². The Morgan fingerprint density at radius 1 is 1.29 bits per heavy atom. The van der Waals surface area contributed by atoms with Crippen LogP contribution in [-0.4, -0.2) is 11.2 Å². The van der Waals surface area contributed by atoms with E-state index in [0.29, 0.717) is 18.4 Å². The molecule has 0 heterocycles. The van der Waals surface area contributed by atoms with Crippen LogP contribution in [0.1, 0.15) is 32.8 Å². The van der Waals surface area contributed by atoms with Crippen LogP contribution in [-0.2, 0) is 6.42 Å². The summed E-state index contributed by atoms with van der Waals surface area (Å²) < 4.78 is 13.3. The molecule has 0 saturated carbocycles. The molecule has 1 aromatic carbocycles. The van der Waals surface area contributed by atoms with E-state index in [4.69, 9.17) is 0 Å². The molecule has 0 amide bonds. The minimum atomic E-state index is -0.609. The van der Waals surface area contributed by atoms with Gasteiger partial charge >= 0.3 is 0 Å². The molecule has 0 aliphatic rings. The smallest absolute Gasteiger partial charge is 0.126 e. The zero-order chi connectivity index (χ0) is 12.9. The summed E-state index contributed by atoms with van der Waals surface area (Å²) in [6, 6.07) is 6.51. The summed E-state index contributed by atoms with van der Waals surface area (Å²) in [7, 11) is 0. The van der Waals surface area contributed by atoms with Crippen LogP contribution in [0.3, 0.4) is 0 Å². The number of benzene rings is 1. The Morgan fingerprint density at radius 2 is 1.94 bits per heavy atom. The molecule has 92 valence electrons. The molecule has 0 saturated heterocycles. The van der Waals surface area contributed by atoms with Gasteiger partial charge in [0, 0.05) is 18.3 Å². The average molecular weight is 234 g/mol. The van der Waals surface area contributed by atoms with E-state index in [-0.39, 0.29) is 11.2 Å². The quantitative estimate of drug-likeness (QED) is 0.796. The monoisotopic (exact) mass is 234 g/mol. The van der Waals surface area contributed by atoms with Crippen LogP contribution >= 0.6 is 0 Å². The first-order chi connectivity index (χ1) is 7.88. The SMILES string of the molecule is CC(C)(C)C#CCC(O)Cc1ccccc1F. The van der Waals surface area contributed by atoms with E-state index >= 15 is 0 Å². The van der Waals surface area contributed by atoms with Crippen LogP contribution in [0.15, 0.2) is 24.3 Å². The first-order valence-electron chi connectivity index (χ1n) is 5.80. The summed E-state index contributed by atoms with van der Waals surface area (Å²) in [6.07, 6.45) is 0.0821. The minimum Gasteiger partial charge on any atom is -0.392 e. The van der Waals surface area contributed by atoms with Crippen molar-refractivity contribution in [3.05, 3.63) is 35.6 Å². The second-order valence-corrected chi connectivity index (χ2v) is 5.21. The van der Waals surface area contributed by atoms with E-state index < -0.39 is 6.10 Å². The molecule has 17 heavy (non-hydrogen) atoms. The molecule has 0 aliphatic carbocycles. The lowest BCUT2D eigenvalue weighted by Crippen LogP contribution is -2.11. The van der Waals surface area contributed by atoms with Gasteiger partial charge in [0.15, 0.2) is 0 Å². The maximum Gasteiger partial charge on any atom is 0.126 e. The third-order valence-corrected chi connectivity index (χ3v) is 2.21. The van der Waals surface area contributed by atoms with E-state index in [1.165, 1.54) is 6.07 Å². The third kappa shape index (κ3) is 5.51. The van der Waals surface area contributed by atoms with Gasteiger partial charge in [0.1, 0.15) is 5.82 Å². The maximum atomic E-state index is 13.3. The van der Waals surface area contributed by atoms with Crippen molar-refractivity contribution in [3.8, 4) is 11.8 Å². The molecule has 2 heteroatoms. The van der Waals surface area contributed by atoms with Gasteiger partial charge in [-0.3, -0.25) is 0 Å². The second kappa shape index (κ2) is 5.84. The molecule has 0 aromatic heterocycles. The molecule has 0 aliphatic heterocycles. The second-order valence-electron chi connectivity index (χ2n) is 5.21. The number of hydrogen-bond donors (Lipinski definition) is 1. The largest absolute Gasteiger partial charge is 0.392 e. The lowest BCUT2D eigenvalue weighted by atomic mass is 9.97. The van der Waals surface area contributed by atoms with Crippen LogP contribution in [0.5, 0.6) is 0 Å². The summed E-state index contributed by atoms with van der Waals surface area (Å²) in [6.45, 7) is 6.05. The highest BCUT2D eigenvalue weighted by Gasteiger charge is 2.08. The van der Waals surface area contributed by atoms with E-state index in [1.54, 1.807) is 18.2 Å². The molecule has 1 atom stereocenters. The lowest BCUT2D eigenvalue weighted by Gasteiger charge is -2.09. The topological polar surface area (TPSA) is 20.2 Å². The van der Waals surface area contributed by atoms with Gasteiger partial charge in [-0.2, -0.15) is 0 Å². The van der Waals surface area contributed by atoms with Gasteiger partial charge in [0.25, 0.3) is 0 Å². The molecule has 1 aromatic rings. The predicted octanol–water partition coefficient (Wildman–Crippen LogP) is 3.17. The van der Waals surface area contributed by atoms with Crippen molar-refractivity contribution in [2.75, 3.05) is 0 Å².